The molecule has 0 fully saturated rings. The molecule has 18 heavy (non-hydrogen) atoms. The topological polar surface area (TPSA) is 38.1 Å². The van der Waals surface area contributed by atoms with Crippen LogP contribution in [-0.4, -0.2) is 11.0 Å². The molecule has 0 amide bonds. The van der Waals surface area contributed by atoms with Gasteiger partial charge in [-0.2, -0.15) is 0 Å². The molecule has 0 atom stereocenters. The Morgan fingerprint density at radius 3 is 2.94 bits per heavy atom. The van der Waals surface area contributed by atoms with Crippen molar-refractivity contribution in [3.8, 4) is 11.5 Å². The van der Waals surface area contributed by atoms with E-state index in [0.717, 1.165) is 5.69 Å². The molecule has 0 radical (unpaired) electrons. The minimum Gasteiger partial charge on any atom is -0.444 e. The molecule has 5 heteroatoms. The van der Waals surface area contributed by atoms with E-state index in [0.29, 0.717) is 12.6 Å². The fraction of sp³-hybridized carbons (Fsp3) is 0.308. The Morgan fingerprint density at radius 1 is 1.44 bits per heavy atom. The van der Waals surface area contributed by atoms with Crippen molar-refractivity contribution in [2.45, 2.75) is 26.4 Å². The third kappa shape index (κ3) is 2.89. The van der Waals surface area contributed by atoms with Crippen molar-refractivity contribution in [1.82, 2.24) is 10.3 Å². The number of aromatic nitrogens is 1. The van der Waals surface area contributed by atoms with Crippen LogP contribution < -0.4 is 5.32 Å². The van der Waals surface area contributed by atoms with E-state index in [1.54, 1.807) is 12.1 Å². The molecular formula is C13H14ClFN2O. The van der Waals surface area contributed by atoms with Crippen LogP contribution >= 0.6 is 11.6 Å². The molecule has 1 N–H and O–H groups in total. The molecule has 0 saturated carbocycles. The fourth-order valence-electron chi connectivity index (χ4n) is 1.49. The smallest absolute Gasteiger partial charge is 0.229 e. The summed E-state index contributed by atoms with van der Waals surface area (Å²) in [4.78, 5) is 4.23. The molecule has 96 valence electrons. The minimum atomic E-state index is -0.510. The molecule has 0 unspecified atom stereocenters. The summed E-state index contributed by atoms with van der Waals surface area (Å²) in [7, 11) is 0. The van der Waals surface area contributed by atoms with Gasteiger partial charge in [0.1, 0.15) is 6.26 Å². The molecule has 2 aromatic rings. The highest BCUT2D eigenvalue weighted by atomic mass is 35.5. The van der Waals surface area contributed by atoms with Gasteiger partial charge < -0.3 is 9.73 Å². The van der Waals surface area contributed by atoms with Gasteiger partial charge in [0, 0.05) is 12.6 Å². The molecule has 1 aromatic carbocycles. The van der Waals surface area contributed by atoms with Crippen LogP contribution in [-0.2, 0) is 6.54 Å². The van der Waals surface area contributed by atoms with Crippen molar-refractivity contribution in [1.29, 1.82) is 0 Å². The lowest BCUT2D eigenvalue weighted by Gasteiger charge is -2.04. The SMILES string of the molecule is CC(C)NCc1coc(-c2cccc(Cl)c2F)n1. The molecule has 2 rings (SSSR count). The second kappa shape index (κ2) is 5.50. The Hall–Kier alpha value is -1.39. The first kappa shape index (κ1) is 13.1. The zero-order valence-electron chi connectivity index (χ0n) is 10.2. The average molecular weight is 269 g/mol. The molecule has 0 bridgehead atoms. The summed E-state index contributed by atoms with van der Waals surface area (Å²) >= 11 is 5.72. The van der Waals surface area contributed by atoms with Gasteiger partial charge in [0.15, 0.2) is 5.82 Å². The van der Waals surface area contributed by atoms with Crippen LogP contribution in [0.1, 0.15) is 19.5 Å². The molecule has 0 aliphatic carbocycles. The maximum Gasteiger partial charge on any atom is 0.229 e. The van der Waals surface area contributed by atoms with Gasteiger partial charge in [0.25, 0.3) is 0 Å². The number of hydrogen-bond acceptors (Lipinski definition) is 3. The van der Waals surface area contributed by atoms with Crippen LogP contribution in [0.25, 0.3) is 11.5 Å². The highest BCUT2D eigenvalue weighted by Crippen LogP contribution is 2.26. The van der Waals surface area contributed by atoms with Gasteiger partial charge in [-0.05, 0) is 12.1 Å². The molecule has 1 aromatic heterocycles. The lowest BCUT2D eigenvalue weighted by molar-refractivity contribution is 0.553. The Kier molecular flexibility index (Phi) is 3.99. The van der Waals surface area contributed by atoms with Crippen molar-refractivity contribution in [3.63, 3.8) is 0 Å². The van der Waals surface area contributed by atoms with E-state index in [-0.39, 0.29) is 16.5 Å². The Bertz CT molecular complexity index is 540. The molecule has 3 nitrogen and oxygen atoms in total. The maximum absolute atomic E-state index is 13.8. The standard InChI is InChI=1S/C13H14ClFN2O/c1-8(2)16-6-9-7-18-13(17-9)10-4-3-5-11(14)12(10)15/h3-5,7-8,16H,6H2,1-2H3. The average Bonchev–Trinajstić information content (AvgIpc) is 2.78. The number of hydrogen-bond donors (Lipinski definition) is 1. The summed E-state index contributed by atoms with van der Waals surface area (Å²) in [6, 6.07) is 5.10. The van der Waals surface area contributed by atoms with Gasteiger partial charge >= 0.3 is 0 Å². The van der Waals surface area contributed by atoms with E-state index in [2.05, 4.69) is 10.3 Å². The van der Waals surface area contributed by atoms with E-state index in [1.165, 1.54) is 12.3 Å². The molecule has 1 heterocycles. The fourth-order valence-corrected chi connectivity index (χ4v) is 1.66. The zero-order chi connectivity index (χ0) is 13.1. The van der Waals surface area contributed by atoms with Gasteiger partial charge in [-0.15, -0.1) is 0 Å². The Morgan fingerprint density at radius 2 is 2.22 bits per heavy atom. The predicted molar refractivity (Wildman–Crippen MR) is 68.9 cm³/mol. The monoisotopic (exact) mass is 268 g/mol. The first-order valence-corrected chi connectivity index (χ1v) is 6.08. The van der Waals surface area contributed by atoms with Crippen molar-refractivity contribution in [2.24, 2.45) is 0 Å². The third-order valence-electron chi connectivity index (χ3n) is 2.43. The Balaban J connectivity index is 2.21. The lowest BCUT2D eigenvalue weighted by Crippen LogP contribution is -2.21. The summed E-state index contributed by atoms with van der Waals surface area (Å²) in [5.41, 5.74) is 1.01. The van der Waals surface area contributed by atoms with E-state index in [1.807, 2.05) is 13.8 Å². The number of oxazole rings is 1. The normalized spacial score (nSPS) is 11.2. The summed E-state index contributed by atoms with van der Waals surface area (Å²) in [6.45, 7) is 4.67. The van der Waals surface area contributed by atoms with Crippen LogP contribution in [0.3, 0.4) is 0 Å². The predicted octanol–water partition coefficient (Wildman–Crippen LogP) is 3.63. The molecular weight excluding hydrogens is 255 g/mol. The highest BCUT2D eigenvalue weighted by molar-refractivity contribution is 6.31. The van der Waals surface area contributed by atoms with Gasteiger partial charge in [-0.25, -0.2) is 9.37 Å². The first-order chi connectivity index (χ1) is 8.58. The quantitative estimate of drug-likeness (QED) is 0.920. The van der Waals surface area contributed by atoms with Crippen LogP contribution in [0.4, 0.5) is 4.39 Å². The van der Waals surface area contributed by atoms with Gasteiger partial charge in [-0.1, -0.05) is 31.5 Å². The highest BCUT2D eigenvalue weighted by Gasteiger charge is 2.13. The third-order valence-corrected chi connectivity index (χ3v) is 2.72. The van der Waals surface area contributed by atoms with Crippen molar-refractivity contribution in [3.05, 3.63) is 41.0 Å². The van der Waals surface area contributed by atoms with Crippen LogP contribution in [0, 0.1) is 5.82 Å². The van der Waals surface area contributed by atoms with Crippen molar-refractivity contribution >= 4 is 11.6 Å². The summed E-state index contributed by atoms with van der Waals surface area (Å²) < 4.78 is 19.0. The van der Waals surface area contributed by atoms with E-state index in [4.69, 9.17) is 16.0 Å². The molecule has 0 spiro atoms. The number of rotatable bonds is 4. The van der Waals surface area contributed by atoms with E-state index >= 15 is 0 Å². The largest absolute Gasteiger partial charge is 0.444 e. The van der Waals surface area contributed by atoms with E-state index < -0.39 is 5.82 Å². The number of halogens is 2. The van der Waals surface area contributed by atoms with Gasteiger partial charge in [-0.3, -0.25) is 0 Å². The van der Waals surface area contributed by atoms with Crippen LogP contribution in [0.5, 0.6) is 0 Å². The molecule has 0 aliphatic rings. The Labute approximate surface area is 110 Å². The second-order valence-corrected chi connectivity index (χ2v) is 4.69. The second-order valence-electron chi connectivity index (χ2n) is 4.28. The summed E-state index contributed by atoms with van der Waals surface area (Å²) in [5, 5.41) is 3.27. The van der Waals surface area contributed by atoms with Crippen molar-refractivity contribution in [2.75, 3.05) is 0 Å². The van der Waals surface area contributed by atoms with Crippen LogP contribution in [0.2, 0.25) is 5.02 Å². The van der Waals surface area contributed by atoms with E-state index in [9.17, 15) is 4.39 Å². The summed E-state index contributed by atoms with van der Waals surface area (Å²) in [5.74, 6) is -0.264. The lowest BCUT2D eigenvalue weighted by atomic mass is 10.2. The minimum absolute atomic E-state index is 0.0626. The number of nitrogens with zero attached hydrogens (tertiary/aromatic N) is 1. The summed E-state index contributed by atoms with van der Waals surface area (Å²) in [6.07, 6.45) is 1.52. The zero-order valence-corrected chi connectivity index (χ0v) is 11.0. The van der Waals surface area contributed by atoms with Crippen molar-refractivity contribution < 1.29 is 8.81 Å². The van der Waals surface area contributed by atoms with Crippen LogP contribution in [0.15, 0.2) is 28.9 Å². The number of benzene rings is 1. The molecule has 0 saturated heterocycles. The van der Waals surface area contributed by atoms with Gasteiger partial charge in [0.2, 0.25) is 5.89 Å². The maximum atomic E-state index is 13.8. The van der Waals surface area contributed by atoms with Gasteiger partial charge in [0.05, 0.1) is 16.3 Å². The molecule has 0 aliphatic heterocycles. The first-order valence-electron chi connectivity index (χ1n) is 5.70. The number of nitrogens with one attached hydrogen (secondary N) is 1.